The molecule has 0 aliphatic carbocycles. The van der Waals surface area contributed by atoms with Gasteiger partial charge in [-0.05, 0) is 56.3 Å². The van der Waals surface area contributed by atoms with E-state index in [-0.39, 0.29) is 12.6 Å². The van der Waals surface area contributed by atoms with Crippen LogP contribution in [0.5, 0.6) is 5.75 Å². The van der Waals surface area contributed by atoms with Crippen LogP contribution < -0.4 is 9.54 Å². The van der Waals surface area contributed by atoms with Crippen LogP contribution in [0, 0.1) is 0 Å². The van der Waals surface area contributed by atoms with E-state index in [1.54, 1.807) is 43.3 Å². The molecule has 2 aromatic carbocycles. The molecule has 0 unspecified atom stereocenters. The Labute approximate surface area is 171 Å². The van der Waals surface area contributed by atoms with Gasteiger partial charge in [-0.25, -0.2) is 4.79 Å². The number of carbonyl (C=O) groups is 2. The quantitative estimate of drug-likeness (QED) is 0.566. The number of esters is 1. The van der Waals surface area contributed by atoms with Crippen LogP contribution >= 0.6 is 22.9 Å². The Hall–Kier alpha value is -2.64. The lowest BCUT2D eigenvalue weighted by molar-refractivity contribution is -0.120. The largest absolute Gasteiger partial charge is 0.484 e. The molecule has 1 aromatic heterocycles. The summed E-state index contributed by atoms with van der Waals surface area (Å²) in [6, 6.07) is 12.1. The fraction of sp³-hybridized carbons (Fsp3) is 0.250. The van der Waals surface area contributed by atoms with E-state index in [1.807, 2.05) is 17.6 Å². The predicted octanol–water partition coefficient (Wildman–Crippen LogP) is 4.06. The Balaban J connectivity index is 1.84. The van der Waals surface area contributed by atoms with Crippen LogP contribution in [-0.2, 0) is 16.1 Å². The average molecular weight is 419 g/mol. The van der Waals surface area contributed by atoms with Gasteiger partial charge in [0.15, 0.2) is 11.4 Å². The zero-order valence-electron chi connectivity index (χ0n) is 15.5. The van der Waals surface area contributed by atoms with Crippen LogP contribution in [0.15, 0.2) is 47.5 Å². The van der Waals surface area contributed by atoms with E-state index in [9.17, 15) is 9.59 Å². The molecule has 3 aromatic rings. The summed E-state index contributed by atoms with van der Waals surface area (Å²) in [6.45, 7) is 4.52. The van der Waals surface area contributed by atoms with E-state index in [0.717, 1.165) is 10.2 Å². The Morgan fingerprint density at radius 1 is 1.14 bits per heavy atom. The van der Waals surface area contributed by atoms with E-state index in [0.29, 0.717) is 34.3 Å². The molecular formula is C20H19ClN2O4S. The molecule has 0 atom stereocenters. The first-order valence-electron chi connectivity index (χ1n) is 8.78. The van der Waals surface area contributed by atoms with Crippen LogP contribution in [0.1, 0.15) is 24.2 Å². The van der Waals surface area contributed by atoms with E-state index in [1.165, 1.54) is 11.3 Å². The van der Waals surface area contributed by atoms with E-state index in [2.05, 4.69) is 4.99 Å². The Kier molecular flexibility index (Phi) is 6.49. The molecule has 3 rings (SSSR count). The number of aryl methyl sites for hydroxylation is 1. The lowest BCUT2D eigenvalue weighted by atomic mass is 10.2. The summed E-state index contributed by atoms with van der Waals surface area (Å²) < 4.78 is 13.3. The minimum Gasteiger partial charge on any atom is -0.484 e. The maximum absolute atomic E-state index is 12.3. The fourth-order valence-electron chi connectivity index (χ4n) is 2.62. The van der Waals surface area contributed by atoms with Crippen LogP contribution in [0.3, 0.4) is 0 Å². The molecule has 0 saturated heterocycles. The van der Waals surface area contributed by atoms with Crippen LogP contribution in [0.4, 0.5) is 0 Å². The van der Waals surface area contributed by atoms with Crippen molar-refractivity contribution in [2.24, 2.45) is 4.99 Å². The molecule has 28 heavy (non-hydrogen) atoms. The van der Waals surface area contributed by atoms with Crippen molar-refractivity contribution in [3.05, 3.63) is 57.9 Å². The second kappa shape index (κ2) is 9.03. The Bertz CT molecular complexity index is 1070. The molecule has 1 heterocycles. The van der Waals surface area contributed by atoms with E-state index >= 15 is 0 Å². The van der Waals surface area contributed by atoms with Gasteiger partial charge in [0.05, 0.1) is 22.4 Å². The number of nitrogens with zero attached hydrogens (tertiary/aromatic N) is 2. The first-order valence-corrected chi connectivity index (χ1v) is 9.97. The van der Waals surface area contributed by atoms with Crippen molar-refractivity contribution in [2.45, 2.75) is 20.4 Å². The van der Waals surface area contributed by atoms with Gasteiger partial charge >= 0.3 is 5.97 Å². The highest BCUT2D eigenvalue weighted by Crippen LogP contribution is 2.20. The van der Waals surface area contributed by atoms with Crippen LogP contribution in [0.25, 0.3) is 10.2 Å². The normalized spacial score (nSPS) is 11.6. The van der Waals surface area contributed by atoms with Gasteiger partial charge in [-0.2, -0.15) is 4.99 Å². The highest BCUT2D eigenvalue weighted by Gasteiger charge is 2.12. The monoisotopic (exact) mass is 418 g/mol. The summed E-state index contributed by atoms with van der Waals surface area (Å²) in [7, 11) is 0. The van der Waals surface area contributed by atoms with Crippen molar-refractivity contribution < 1.29 is 19.1 Å². The van der Waals surface area contributed by atoms with Gasteiger partial charge in [0.25, 0.3) is 5.91 Å². The summed E-state index contributed by atoms with van der Waals surface area (Å²) in [5.41, 5.74) is 1.38. The molecule has 0 spiro atoms. The van der Waals surface area contributed by atoms with Gasteiger partial charge < -0.3 is 14.0 Å². The zero-order valence-corrected chi connectivity index (χ0v) is 17.0. The first-order chi connectivity index (χ1) is 13.5. The summed E-state index contributed by atoms with van der Waals surface area (Å²) in [5.74, 6) is -0.215. The minimum absolute atomic E-state index is 0.173. The van der Waals surface area contributed by atoms with Crippen molar-refractivity contribution in [3.63, 3.8) is 0 Å². The number of benzene rings is 2. The number of carbonyl (C=O) groups excluding carboxylic acids is 2. The minimum atomic E-state index is -0.394. The maximum Gasteiger partial charge on any atom is 0.338 e. The third-order valence-corrected chi connectivity index (χ3v) is 5.20. The van der Waals surface area contributed by atoms with Gasteiger partial charge in [-0.3, -0.25) is 4.79 Å². The van der Waals surface area contributed by atoms with Gasteiger partial charge in [0, 0.05) is 11.6 Å². The fourth-order valence-corrected chi connectivity index (χ4v) is 3.90. The molecule has 1 amide bonds. The molecule has 0 aliphatic rings. The highest BCUT2D eigenvalue weighted by molar-refractivity contribution is 7.16. The number of thiazole rings is 1. The molecule has 146 valence electrons. The first kappa shape index (κ1) is 20.1. The van der Waals surface area contributed by atoms with Crippen molar-refractivity contribution in [1.29, 1.82) is 0 Å². The molecule has 8 heteroatoms. The number of fused-ring (bicyclic) bond motifs is 1. The second-order valence-electron chi connectivity index (χ2n) is 5.78. The lowest BCUT2D eigenvalue weighted by Crippen LogP contribution is -2.18. The number of amides is 1. The van der Waals surface area contributed by atoms with Crippen molar-refractivity contribution >= 4 is 45.0 Å². The highest BCUT2D eigenvalue weighted by atomic mass is 35.5. The summed E-state index contributed by atoms with van der Waals surface area (Å²) in [6.07, 6.45) is 0. The molecular weight excluding hydrogens is 400 g/mol. The van der Waals surface area contributed by atoms with Crippen LogP contribution in [0.2, 0.25) is 5.02 Å². The van der Waals surface area contributed by atoms with Gasteiger partial charge in [-0.15, -0.1) is 0 Å². The maximum atomic E-state index is 12.3. The van der Waals surface area contributed by atoms with Gasteiger partial charge in [-0.1, -0.05) is 22.9 Å². The van der Waals surface area contributed by atoms with Gasteiger partial charge in [0.2, 0.25) is 0 Å². The zero-order chi connectivity index (χ0) is 20.1. The molecule has 0 bridgehead atoms. The summed E-state index contributed by atoms with van der Waals surface area (Å²) in [4.78, 5) is 28.9. The van der Waals surface area contributed by atoms with E-state index in [4.69, 9.17) is 21.1 Å². The average Bonchev–Trinajstić information content (AvgIpc) is 3.03. The topological polar surface area (TPSA) is 69.9 Å². The van der Waals surface area contributed by atoms with Crippen LogP contribution in [-0.4, -0.2) is 29.7 Å². The third-order valence-electron chi connectivity index (χ3n) is 3.91. The molecule has 6 nitrogen and oxygen atoms in total. The lowest BCUT2D eigenvalue weighted by Gasteiger charge is -2.04. The standard InChI is InChI=1S/C20H19ClN2O4S/c1-3-23-16-10-5-13(19(25)26-4-2)11-17(16)28-20(23)22-18(24)12-27-15-8-6-14(21)7-9-15/h5-11H,3-4,12H2,1-2H3. The number of hydrogen-bond acceptors (Lipinski definition) is 5. The molecule has 0 radical (unpaired) electrons. The predicted molar refractivity (Wildman–Crippen MR) is 109 cm³/mol. The van der Waals surface area contributed by atoms with E-state index < -0.39 is 5.91 Å². The second-order valence-corrected chi connectivity index (χ2v) is 7.23. The number of ether oxygens (including phenoxy) is 2. The van der Waals surface area contributed by atoms with Crippen molar-refractivity contribution in [1.82, 2.24) is 4.57 Å². The molecule has 0 N–H and O–H groups in total. The molecule has 0 aliphatic heterocycles. The number of aromatic nitrogens is 1. The van der Waals surface area contributed by atoms with Crippen molar-refractivity contribution in [2.75, 3.05) is 13.2 Å². The Morgan fingerprint density at radius 2 is 1.89 bits per heavy atom. The smallest absolute Gasteiger partial charge is 0.338 e. The number of halogens is 1. The molecule has 0 fully saturated rings. The van der Waals surface area contributed by atoms with Crippen molar-refractivity contribution in [3.8, 4) is 5.75 Å². The van der Waals surface area contributed by atoms with Gasteiger partial charge in [0.1, 0.15) is 5.75 Å². The third kappa shape index (κ3) is 4.61. The SMILES string of the molecule is CCOC(=O)c1ccc2c(c1)sc(=NC(=O)COc1ccc(Cl)cc1)n2CC. The summed E-state index contributed by atoms with van der Waals surface area (Å²) >= 11 is 7.18. The summed E-state index contributed by atoms with van der Waals surface area (Å²) in [5, 5.41) is 0.597. The molecule has 0 saturated carbocycles. The number of rotatable bonds is 6. The number of hydrogen-bond donors (Lipinski definition) is 0. The Morgan fingerprint density at radius 3 is 2.57 bits per heavy atom.